The third-order valence-electron chi connectivity index (χ3n) is 4.25. The van der Waals surface area contributed by atoms with E-state index in [4.69, 9.17) is 4.84 Å². The maximum atomic E-state index is 13.1. The van der Waals surface area contributed by atoms with Gasteiger partial charge in [0.05, 0.1) is 10.6 Å². The molecule has 2 aromatic rings. The SMILES string of the molecule is O=C1[C@H]2C(c3cccc([N+](=O)[O-])c3)=NO[C@@H]2C(=O)N1c1ccc(F)cc1. The van der Waals surface area contributed by atoms with Crippen LogP contribution in [0.5, 0.6) is 0 Å². The molecule has 0 N–H and O–H groups in total. The van der Waals surface area contributed by atoms with E-state index in [1.165, 1.54) is 30.3 Å². The summed E-state index contributed by atoms with van der Waals surface area (Å²) < 4.78 is 13.1. The van der Waals surface area contributed by atoms with E-state index < -0.39 is 34.6 Å². The van der Waals surface area contributed by atoms with Crippen LogP contribution in [-0.4, -0.2) is 28.6 Å². The van der Waals surface area contributed by atoms with Crippen molar-refractivity contribution in [1.82, 2.24) is 0 Å². The van der Waals surface area contributed by atoms with Crippen LogP contribution < -0.4 is 4.90 Å². The van der Waals surface area contributed by atoms with Gasteiger partial charge in [0.25, 0.3) is 11.6 Å². The van der Waals surface area contributed by atoms with E-state index in [2.05, 4.69) is 5.16 Å². The molecule has 2 aromatic carbocycles. The molecule has 1 saturated heterocycles. The highest BCUT2D eigenvalue weighted by molar-refractivity contribution is 6.32. The fourth-order valence-electron chi connectivity index (χ4n) is 3.04. The van der Waals surface area contributed by atoms with E-state index >= 15 is 0 Å². The largest absolute Gasteiger partial charge is 0.381 e. The Kier molecular flexibility index (Phi) is 3.50. The second-order valence-electron chi connectivity index (χ2n) is 5.78. The van der Waals surface area contributed by atoms with Crippen LogP contribution in [0.2, 0.25) is 0 Å². The number of benzene rings is 2. The summed E-state index contributed by atoms with van der Waals surface area (Å²) in [6.45, 7) is 0. The van der Waals surface area contributed by atoms with Crippen molar-refractivity contribution in [2.24, 2.45) is 11.1 Å². The van der Waals surface area contributed by atoms with Crippen molar-refractivity contribution in [2.45, 2.75) is 6.10 Å². The minimum atomic E-state index is -1.14. The number of oxime groups is 1. The van der Waals surface area contributed by atoms with Crippen LogP contribution in [0, 0.1) is 21.8 Å². The number of nitro groups is 1. The second-order valence-corrected chi connectivity index (χ2v) is 5.78. The Morgan fingerprint density at radius 3 is 2.54 bits per heavy atom. The summed E-state index contributed by atoms with van der Waals surface area (Å²) in [5.74, 6) is -2.69. The predicted octanol–water partition coefficient (Wildman–Crippen LogP) is 2.03. The molecular weight excluding hydrogens is 345 g/mol. The van der Waals surface area contributed by atoms with Gasteiger partial charge in [0.15, 0.2) is 0 Å². The zero-order chi connectivity index (χ0) is 18.4. The summed E-state index contributed by atoms with van der Waals surface area (Å²) in [7, 11) is 0. The molecule has 2 atom stereocenters. The highest BCUT2D eigenvalue weighted by Gasteiger charge is 2.56. The number of hydrogen-bond acceptors (Lipinski definition) is 6. The Bertz CT molecular complexity index is 973. The third-order valence-corrected chi connectivity index (χ3v) is 4.25. The molecule has 9 heteroatoms. The molecule has 4 rings (SSSR count). The number of halogens is 1. The lowest BCUT2D eigenvalue weighted by molar-refractivity contribution is -0.384. The summed E-state index contributed by atoms with van der Waals surface area (Å²) in [4.78, 5) is 41.8. The first-order chi connectivity index (χ1) is 12.5. The van der Waals surface area contributed by atoms with Crippen LogP contribution in [0.1, 0.15) is 5.56 Å². The molecule has 8 nitrogen and oxygen atoms in total. The summed E-state index contributed by atoms with van der Waals surface area (Å²) in [6.07, 6.45) is -1.14. The Morgan fingerprint density at radius 1 is 1.12 bits per heavy atom. The molecule has 0 aromatic heterocycles. The molecule has 2 aliphatic heterocycles. The number of anilines is 1. The number of non-ortho nitro benzene ring substituents is 1. The maximum Gasteiger partial charge on any atom is 0.278 e. The van der Waals surface area contributed by atoms with Crippen molar-refractivity contribution < 1.29 is 23.7 Å². The molecule has 2 heterocycles. The zero-order valence-electron chi connectivity index (χ0n) is 13.0. The van der Waals surface area contributed by atoms with E-state index in [0.717, 1.165) is 17.0 Å². The Labute approximate surface area is 145 Å². The summed E-state index contributed by atoms with van der Waals surface area (Å²) in [6, 6.07) is 10.5. The molecule has 2 aliphatic rings. The third kappa shape index (κ3) is 2.32. The molecule has 130 valence electrons. The number of rotatable bonds is 3. The van der Waals surface area contributed by atoms with Crippen LogP contribution in [0.3, 0.4) is 0 Å². The van der Waals surface area contributed by atoms with Crippen LogP contribution in [0.15, 0.2) is 53.7 Å². The number of nitrogens with zero attached hydrogens (tertiary/aromatic N) is 3. The zero-order valence-corrected chi connectivity index (χ0v) is 13.0. The van der Waals surface area contributed by atoms with Crippen LogP contribution >= 0.6 is 0 Å². The fourth-order valence-corrected chi connectivity index (χ4v) is 3.04. The van der Waals surface area contributed by atoms with Gasteiger partial charge in [-0.3, -0.25) is 19.7 Å². The van der Waals surface area contributed by atoms with Crippen LogP contribution in [-0.2, 0) is 14.4 Å². The standard InChI is InChI=1S/C17H10FN3O5/c18-10-4-6-11(7-5-10)20-16(22)13-14(19-26-15(13)17(20)23)9-2-1-3-12(8-9)21(24)25/h1-8,13,15H/t13-,15-/m0/s1. The van der Waals surface area contributed by atoms with Crippen molar-refractivity contribution in [3.8, 4) is 0 Å². The van der Waals surface area contributed by atoms with E-state index in [-0.39, 0.29) is 17.1 Å². The topological polar surface area (TPSA) is 102 Å². The highest BCUT2D eigenvalue weighted by Crippen LogP contribution is 2.35. The molecule has 26 heavy (non-hydrogen) atoms. The first-order valence-corrected chi connectivity index (χ1v) is 7.59. The number of fused-ring (bicyclic) bond motifs is 1. The number of amides is 2. The molecule has 0 saturated carbocycles. The average Bonchev–Trinajstić information content (AvgIpc) is 3.17. The van der Waals surface area contributed by atoms with Gasteiger partial charge in [0.1, 0.15) is 17.4 Å². The molecule has 0 aliphatic carbocycles. The van der Waals surface area contributed by atoms with Crippen molar-refractivity contribution in [2.75, 3.05) is 4.90 Å². The average molecular weight is 355 g/mol. The van der Waals surface area contributed by atoms with E-state index in [1.54, 1.807) is 6.07 Å². The predicted molar refractivity (Wildman–Crippen MR) is 86.9 cm³/mol. The van der Waals surface area contributed by atoms with E-state index in [9.17, 15) is 24.1 Å². The lowest BCUT2D eigenvalue weighted by atomic mass is 9.94. The van der Waals surface area contributed by atoms with Crippen molar-refractivity contribution in [3.63, 3.8) is 0 Å². The van der Waals surface area contributed by atoms with Gasteiger partial charge in [-0.15, -0.1) is 0 Å². The molecular formula is C17H10FN3O5. The minimum Gasteiger partial charge on any atom is -0.381 e. The van der Waals surface area contributed by atoms with Gasteiger partial charge in [0.2, 0.25) is 12.0 Å². The molecule has 0 unspecified atom stereocenters. The monoisotopic (exact) mass is 355 g/mol. The molecule has 0 bridgehead atoms. The first kappa shape index (κ1) is 15.9. The van der Waals surface area contributed by atoms with Gasteiger partial charge in [-0.2, -0.15) is 0 Å². The van der Waals surface area contributed by atoms with Gasteiger partial charge in [-0.25, -0.2) is 9.29 Å². The highest BCUT2D eigenvalue weighted by atomic mass is 19.1. The van der Waals surface area contributed by atoms with Gasteiger partial charge >= 0.3 is 0 Å². The molecule has 2 amide bonds. The number of hydrogen-bond donors (Lipinski definition) is 0. The van der Waals surface area contributed by atoms with Crippen molar-refractivity contribution in [1.29, 1.82) is 0 Å². The number of carbonyl (C=O) groups is 2. The van der Waals surface area contributed by atoms with Gasteiger partial charge in [-0.1, -0.05) is 17.3 Å². The lowest BCUT2D eigenvalue weighted by Crippen LogP contribution is -2.33. The normalized spacial score (nSPS) is 21.4. The summed E-state index contributed by atoms with van der Waals surface area (Å²) in [5, 5.41) is 14.8. The Morgan fingerprint density at radius 2 is 1.85 bits per heavy atom. The lowest BCUT2D eigenvalue weighted by Gasteiger charge is -2.15. The number of carbonyl (C=O) groups excluding carboxylic acids is 2. The summed E-state index contributed by atoms with van der Waals surface area (Å²) in [5.41, 5.74) is 0.536. The quantitative estimate of drug-likeness (QED) is 0.476. The fraction of sp³-hybridized carbons (Fsp3) is 0.118. The Hall–Kier alpha value is -3.62. The van der Waals surface area contributed by atoms with Crippen LogP contribution in [0.25, 0.3) is 0 Å². The van der Waals surface area contributed by atoms with Crippen molar-refractivity contribution >= 4 is 28.9 Å². The van der Waals surface area contributed by atoms with E-state index in [1.807, 2.05) is 0 Å². The first-order valence-electron chi connectivity index (χ1n) is 7.59. The minimum absolute atomic E-state index is 0.154. The van der Waals surface area contributed by atoms with Gasteiger partial charge in [0, 0.05) is 17.7 Å². The number of imide groups is 1. The smallest absolute Gasteiger partial charge is 0.278 e. The molecule has 0 spiro atoms. The van der Waals surface area contributed by atoms with E-state index in [0.29, 0.717) is 5.56 Å². The molecule has 1 fully saturated rings. The van der Waals surface area contributed by atoms with Gasteiger partial charge < -0.3 is 4.84 Å². The second kappa shape index (κ2) is 5.73. The summed E-state index contributed by atoms with van der Waals surface area (Å²) >= 11 is 0. The number of nitro benzene ring substituents is 1. The van der Waals surface area contributed by atoms with Gasteiger partial charge in [-0.05, 0) is 24.3 Å². The van der Waals surface area contributed by atoms with Crippen LogP contribution in [0.4, 0.5) is 15.8 Å². The maximum absolute atomic E-state index is 13.1. The van der Waals surface area contributed by atoms with Crippen molar-refractivity contribution in [3.05, 3.63) is 70.0 Å². The Balaban J connectivity index is 1.70. The molecule has 0 radical (unpaired) electrons.